The zero-order valence-electron chi connectivity index (χ0n) is 10.6. The average molecular weight is 269 g/mol. The molecule has 0 spiro atoms. The molecule has 7 heteroatoms. The number of allylic oxidation sites excluding steroid dienone is 1. The summed E-state index contributed by atoms with van der Waals surface area (Å²) in [6.45, 7) is 1.70. The Labute approximate surface area is 113 Å². The summed E-state index contributed by atoms with van der Waals surface area (Å²) < 4.78 is 1.06. The van der Waals surface area contributed by atoms with Gasteiger partial charge in [-0.15, -0.1) is 10.2 Å². The summed E-state index contributed by atoms with van der Waals surface area (Å²) in [6.07, 6.45) is 1.34. The number of carbonyl (C=O) groups is 1. The quantitative estimate of drug-likeness (QED) is 0.795. The molecule has 2 N–H and O–H groups in total. The smallest absolute Gasteiger partial charge is 0.300 e. The van der Waals surface area contributed by atoms with Gasteiger partial charge >= 0.3 is 5.56 Å². The van der Waals surface area contributed by atoms with Gasteiger partial charge < -0.3 is 5.32 Å². The zero-order chi connectivity index (χ0) is 14.1. The van der Waals surface area contributed by atoms with E-state index in [1.807, 2.05) is 6.07 Å². The van der Waals surface area contributed by atoms with E-state index in [9.17, 15) is 9.59 Å². The summed E-state index contributed by atoms with van der Waals surface area (Å²) in [4.78, 5) is 24.0. The second-order valence-corrected chi connectivity index (χ2v) is 4.31. The van der Waals surface area contributed by atoms with Crippen LogP contribution in [0.4, 0.5) is 5.95 Å². The Hall–Kier alpha value is -2.96. The minimum Gasteiger partial charge on any atom is -0.327 e. The molecule has 0 saturated carbocycles. The van der Waals surface area contributed by atoms with Gasteiger partial charge in [0.05, 0.1) is 0 Å². The summed E-state index contributed by atoms with van der Waals surface area (Å²) >= 11 is 0. The van der Waals surface area contributed by atoms with Gasteiger partial charge in [-0.05, 0) is 6.92 Å². The molecule has 2 heterocycles. The third kappa shape index (κ3) is 2.05. The number of hydrogen-bond acceptors (Lipinski definition) is 5. The van der Waals surface area contributed by atoms with Crippen molar-refractivity contribution in [3.8, 4) is 11.3 Å². The van der Waals surface area contributed by atoms with Gasteiger partial charge in [-0.2, -0.15) is 4.68 Å². The Kier molecular flexibility index (Phi) is 2.79. The van der Waals surface area contributed by atoms with Crippen LogP contribution in [0.1, 0.15) is 6.92 Å². The lowest BCUT2D eigenvalue weighted by atomic mass is 10.2. The Morgan fingerprint density at radius 1 is 1.10 bits per heavy atom. The number of nitrogens with one attached hydrogen (secondary N) is 2. The van der Waals surface area contributed by atoms with Crippen molar-refractivity contribution in [2.24, 2.45) is 0 Å². The minimum absolute atomic E-state index is 0.175. The van der Waals surface area contributed by atoms with Crippen molar-refractivity contribution in [1.29, 1.82) is 0 Å². The fraction of sp³-hybridized carbons (Fsp3) is 0.0769. The van der Waals surface area contributed by atoms with Crippen molar-refractivity contribution in [3.63, 3.8) is 0 Å². The molecule has 7 nitrogen and oxygen atoms in total. The number of hydrogen-bond donors (Lipinski definition) is 2. The van der Waals surface area contributed by atoms with Gasteiger partial charge in [0.2, 0.25) is 5.95 Å². The lowest BCUT2D eigenvalue weighted by Crippen LogP contribution is -2.34. The number of amides is 1. The molecule has 0 fully saturated rings. The highest BCUT2D eigenvalue weighted by molar-refractivity contribution is 5.95. The van der Waals surface area contributed by atoms with E-state index in [4.69, 9.17) is 0 Å². The van der Waals surface area contributed by atoms with E-state index < -0.39 is 11.5 Å². The molecule has 1 aromatic heterocycles. The van der Waals surface area contributed by atoms with E-state index in [1.54, 1.807) is 31.2 Å². The monoisotopic (exact) mass is 269 g/mol. The highest BCUT2D eigenvalue weighted by atomic mass is 16.2. The number of fused-ring (bicyclic) bond motifs is 1. The van der Waals surface area contributed by atoms with Gasteiger partial charge in [0.25, 0.3) is 5.91 Å². The van der Waals surface area contributed by atoms with E-state index in [1.165, 1.54) is 6.08 Å². The number of anilines is 1. The van der Waals surface area contributed by atoms with Gasteiger partial charge in [-0.3, -0.25) is 15.0 Å². The molecule has 100 valence electrons. The highest BCUT2D eigenvalue weighted by Gasteiger charge is 2.17. The van der Waals surface area contributed by atoms with Crippen LogP contribution in [0.2, 0.25) is 0 Å². The Bertz CT molecular complexity index is 764. The third-order valence-corrected chi connectivity index (χ3v) is 2.79. The molecule has 0 bridgehead atoms. The normalized spacial score (nSPS) is 13.7. The maximum Gasteiger partial charge on any atom is 0.300 e. The van der Waals surface area contributed by atoms with Crippen LogP contribution in [-0.4, -0.2) is 20.8 Å². The van der Waals surface area contributed by atoms with Crippen LogP contribution in [0.5, 0.6) is 0 Å². The van der Waals surface area contributed by atoms with Gasteiger partial charge in [0.1, 0.15) is 0 Å². The fourth-order valence-corrected chi connectivity index (χ4v) is 1.90. The molecule has 0 radical (unpaired) electrons. The van der Waals surface area contributed by atoms with Gasteiger partial charge in [-0.25, -0.2) is 0 Å². The summed E-state index contributed by atoms with van der Waals surface area (Å²) in [5.74, 6) is -0.225. The Balaban J connectivity index is 2.16. The van der Waals surface area contributed by atoms with Crippen LogP contribution in [0.3, 0.4) is 0 Å². The summed E-state index contributed by atoms with van der Waals surface area (Å²) in [5, 5.41) is 10.7. The lowest BCUT2D eigenvalue weighted by Gasteiger charge is -2.10. The predicted molar refractivity (Wildman–Crippen MR) is 73.5 cm³/mol. The predicted octanol–water partition coefficient (Wildman–Crippen LogP) is 0.705. The Morgan fingerprint density at radius 3 is 2.60 bits per heavy atom. The topological polar surface area (TPSA) is 88.9 Å². The molecule has 0 aliphatic carbocycles. The number of carbonyl (C=O) groups excluding carboxylic acids is 1. The molecule has 3 rings (SSSR count). The summed E-state index contributed by atoms with van der Waals surface area (Å²) in [6, 6.07) is 8.96. The standard InChI is InChI=1S/C13H11N5O2/c1-8-7-10(19)17-18-12(20)11(15-16-13(18)14-8)9-5-3-2-4-6-9/h2-7H,1H3,(H,14,16)(H,17,19). The van der Waals surface area contributed by atoms with E-state index >= 15 is 0 Å². The van der Waals surface area contributed by atoms with Crippen LogP contribution in [-0.2, 0) is 4.79 Å². The highest BCUT2D eigenvalue weighted by Crippen LogP contribution is 2.13. The first kappa shape index (κ1) is 12.1. The number of nitrogens with zero attached hydrogens (tertiary/aromatic N) is 3. The van der Waals surface area contributed by atoms with Crippen LogP contribution in [0, 0.1) is 0 Å². The molecular weight excluding hydrogens is 258 g/mol. The lowest BCUT2D eigenvalue weighted by molar-refractivity contribution is -0.112. The van der Waals surface area contributed by atoms with Gasteiger partial charge in [0, 0.05) is 17.3 Å². The molecule has 1 aliphatic heterocycles. The molecule has 0 atom stereocenters. The van der Waals surface area contributed by atoms with Crippen LogP contribution < -0.4 is 16.3 Å². The van der Waals surface area contributed by atoms with E-state index in [0.29, 0.717) is 11.3 Å². The first-order valence-electron chi connectivity index (χ1n) is 5.96. The Morgan fingerprint density at radius 2 is 1.85 bits per heavy atom. The first-order valence-corrected chi connectivity index (χ1v) is 5.96. The van der Waals surface area contributed by atoms with Crippen molar-refractivity contribution in [2.45, 2.75) is 6.92 Å². The first-order chi connectivity index (χ1) is 9.65. The van der Waals surface area contributed by atoms with Crippen LogP contribution >= 0.6 is 0 Å². The van der Waals surface area contributed by atoms with Gasteiger partial charge in [-0.1, -0.05) is 30.3 Å². The van der Waals surface area contributed by atoms with Crippen molar-refractivity contribution < 1.29 is 4.79 Å². The van der Waals surface area contributed by atoms with Gasteiger partial charge in [0.15, 0.2) is 5.69 Å². The molecule has 20 heavy (non-hydrogen) atoms. The van der Waals surface area contributed by atoms with Crippen LogP contribution in [0.25, 0.3) is 11.3 Å². The van der Waals surface area contributed by atoms with Crippen LogP contribution in [0.15, 0.2) is 46.9 Å². The van der Waals surface area contributed by atoms with Crippen molar-refractivity contribution in [3.05, 3.63) is 52.5 Å². The maximum atomic E-state index is 12.4. The number of benzene rings is 1. The largest absolute Gasteiger partial charge is 0.327 e. The van der Waals surface area contributed by atoms with Crippen molar-refractivity contribution >= 4 is 11.9 Å². The maximum absolute atomic E-state index is 12.4. The zero-order valence-corrected chi connectivity index (χ0v) is 10.6. The van der Waals surface area contributed by atoms with E-state index in [2.05, 4.69) is 20.9 Å². The van der Waals surface area contributed by atoms with Crippen molar-refractivity contribution in [1.82, 2.24) is 14.9 Å². The van der Waals surface area contributed by atoms with E-state index in [-0.39, 0.29) is 11.6 Å². The number of rotatable bonds is 1. The molecule has 1 aliphatic rings. The molecule has 1 amide bonds. The molecule has 2 aromatic rings. The average Bonchev–Trinajstić information content (AvgIpc) is 2.58. The second-order valence-electron chi connectivity index (χ2n) is 4.31. The van der Waals surface area contributed by atoms with E-state index in [0.717, 1.165) is 4.68 Å². The summed E-state index contributed by atoms with van der Waals surface area (Å²) in [5.41, 5.74) is 3.41. The fourth-order valence-electron chi connectivity index (χ4n) is 1.90. The SMILES string of the molecule is CC1=CC(=O)Nn2c(nnc(-c3ccccc3)c2=O)N1. The molecule has 0 saturated heterocycles. The van der Waals surface area contributed by atoms with Crippen molar-refractivity contribution in [2.75, 3.05) is 10.7 Å². The molecule has 0 unspecified atom stereocenters. The molecular formula is C13H11N5O2. The molecule has 1 aromatic carbocycles. The second kappa shape index (κ2) is 4.61. The third-order valence-electron chi connectivity index (χ3n) is 2.79. The minimum atomic E-state index is -0.440. The summed E-state index contributed by atoms with van der Waals surface area (Å²) in [7, 11) is 0. The number of aromatic nitrogens is 3.